The number of rotatable bonds is 3. The molecular formula is C8H15NO3. The molecule has 0 aromatic heterocycles. The summed E-state index contributed by atoms with van der Waals surface area (Å²) in [7, 11) is 1.53. The van der Waals surface area contributed by atoms with E-state index in [1.807, 2.05) is 6.92 Å². The number of amides is 1. The Morgan fingerprint density at radius 2 is 2.42 bits per heavy atom. The van der Waals surface area contributed by atoms with Crippen molar-refractivity contribution in [3.63, 3.8) is 0 Å². The summed E-state index contributed by atoms with van der Waals surface area (Å²) in [5.41, 5.74) is -0.744. The number of ether oxygens (including phenoxy) is 1. The van der Waals surface area contributed by atoms with Crippen molar-refractivity contribution in [2.24, 2.45) is 0 Å². The monoisotopic (exact) mass is 173 g/mol. The first-order chi connectivity index (χ1) is 5.70. The van der Waals surface area contributed by atoms with E-state index in [-0.39, 0.29) is 12.5 Å². The van der Waals surface area contributed by atoms with Crippen LogP contribution in [0.15, 0.2) is 0 Å². The SMILES string of the molecule is CCN1C(=O)CCC1(CO)OC. The number of likely N-dealkylation sites (N-methyl/N-ethyl adjacent to an activating group) is 1. The van der Waals surface area contributed by atoms with Gasteiger partial charge in [0.15, 0.2) is 5.72 Å². The maximum absolute atomic E-state index is 11.3. The van der Waals surface area contributed by atoms with Crippen LogP contribution >= 0.6 is 0 Å². The molecule has 1 fully saturated rings. The van der Waals surface area contributed by atoms with Gasteiger partial charge < -0.3 is 14.7 Å². The van der Waals surface area contributed by atoms with E-state index in [4.69, 9.17) is 9.84 Å². The van der Waals surface area contributed by atoms with Gasteiger partial charge in [0.05, 0.1) is 6.61 Å². The van der Waals surface area contributed by atoms with Gasteiger partial charge in [0.2, 0.25) is 5.91 Å². The van der Waals surface area contributed by atoms with E-state index >= 15 is 0 Å². The van der Waals surface area contributed by atoms with E-state index in [1.54, 1.807) is 4.90 Å². The van der Waals surface area contributed by atoms with Crippen molar-refractivity contribution in [2.75, 3.05) is 20.3 Å². The Morgan fingerprint density at radius 1 is 1.75 bits per heavy atom. The van der Waals surface area contributed by atoms with Crippen LogP contribution in [0, 0.1) is 0 Å². The highest BCUT2D eigenvalue weighted by Gasteiger charge is 2.44. The number of carbonyl (C=O) groups excluding carboxylic acids is 1. The maximum atomic E-state index is 11.3. The molecule has 0 aromatic carbocycles. The second-order valence-corrected chi connectivity index (χ2v) is 2.95. The van der Waals surface area contributed by atoms with Gasteiger partial charge in [0.1, 0.15) is 0 Å². The second-order valence-electron chi connectivity index (χ2n) is 2.95. The summed E-state index contributed by atoms with van der Waals surface area (Å²) < 4.78 is 5.18. The molecule has 12 heavy (non-hydrogen) atoms. The molecule has 0 radical (unpaired) electrons. The van der Waals surface area contributed by atoms with Crippen molar-refractivity contribution in [1.29, 1.82) is 0 Å². The Kier molecular flexibility index (Phi) is 2.69. The lowest BCUT2D eigenvalue weighted by Crippen LogP contribution is -2.49. The summed E-state index contributed by atoms with van der Waals surface area (Å²) in [6.07, 6.45) is 1.06. The predicted molar refractivity (Wildman–Crippen MR) is 43.4 cm³/mol. The minimum absolute atomic E-state index is 0.0633. The van der Waals surface area contributed by atoms with Gasteiger partial charge >= 0.3 is 0 Å². The molecular weight excluding hydrogens is 158 g/mol. The molecule has 1 atom stereocenters. The Morgan fingerprint density at radius 3 is 2.75 bits per heavy atom. The number of carbonyl (C=O) groups is 1. The zero-order valence-corrected chi connectivity index (χ0v) is 7.54. The van der Waals surface area contributed by atoms with E-state index in [1.165, 1.54) is 7.11 Å². The summed E-state index contributed by atoms with van der Waals surface area (Å²) in [4.78, 5) is 12.9. The zero-order valence-electron chi connectivity index (χ0n) is 7.54. The van der Waals surface area contributed by atoms with Crippen LogP contribution in [0.3, 0.4) is 0 Å². The van der Waals surface area contributed by atoms with Crippen LogP contribution in [-0.2, 0) is 9.53 Å². The van der Waals surface area contributed by atoms with E-state index < -0.39 is 5.72 Å². The molecule has 0 spiro atoms. The van der Waals surface area contributed by atoms with Gasteiger partial charge in [0, 0.05) is 26.5 Å². The number of hydrogen-bond donors (Lipinski definition) is 1. The van der Waals surface area contributed by atoms with Crippen LogP contribution in [0.4, 0.5) is 0 Å². The molecule has 0 aromatic rings. The number of methoxy groups -OCH3 is 1. The number of likely N-dealkylation sites (tertiary alicyclic amines) is 1. The number of nitrogens with zero attached hydrogens (tertiary/aromatic N) is 1. The lowest BCUT2D eigenvalue weighted by atomic mass is 10.1. The van der Waals surface area contributed by atoms with Crippen molar-refractivity contribution < 1.29 is 14.6 Å². The minimum Gasteiger partial charge on any atom is -0.391 e. The molecule has 1 amide bonds. The van der Waals surface area contributed by atoms with E-state index in [0.29, 0.717) is 19.4 Å². The van der Waals surface area contributed by atoms with Crippen LogP contribution in [0.1, 0.15) is 19.8 Å². The van der Waals surface area contributed by atoms with Crippen LogP contribution in [0.2, 0.25) is 0 Å². The van der Waals surface area contributed by atoms with Gasteiger partial charge in [-0.2, -0.15) is 0 Å². The number of hydrogen-bond acceptors (Lipinski definition) is 3. The highest BCUT2D eigenvalue weighted by atomic mass is 16.5. The van der Waals surface area contributed by atoms with Crippen molar-refractivity contribution in [1.82, 2.24) is 4.90 Å². The van der Waals surface area contributed by atoms with E-state index in [0.717, 1.165) is 0 Å². The quantitative estimate of drug-likeness (QED) is 0.651. The summed E-state index contributed by atoms with van der Waals surface area (Å²) >= 11 is 0. The van der Waals surface area contributed by atoms with Crippen LogP contribution in [0.25, 0.3) is 0 Å². The van der Waals surface area contributed by atoms with Crippen molar-refractivity contribution in [3.05, 3.63) is 0 Å². The van der Waals surface area contributed by atoms with Crippen LogP contribution < -0.4 is 0 Å². The van der Waals surface area contributed by atoms with Gasteiger partial charge in [-0.3, -0.25) is 4.79 Å². The second kappa shape index (κ2) is 3.41. The molecule has 1 aliphatic rings. The lowest BCUT2D eigenvalue weighted by Gasteiger charge is -2.34. The first kappa shape index (κ1) is 9.48. The summed E-state index contributed by atoms with van der Waals surface area (Å²) in [6.45, 7) is 2.35. The Bertz CT molecular complexity index is 177. The Hall–Kier alpha value is -0.610. The zero-order chi connectivity index (χ0) is 9.19. The molecule has 0 aliphatic carbocycles. The maximum Gasteiger partial charge on any atom is 0.225 e. The molecule has 4 heteroatoms. The molecule has 0 saturated carbocycles. The fraction of sp³-hybridized carbons (Fsp3) is 0.875. The summed E-state index contributed by atoms with van der Waals surface area (Å²) in [5, 5.41) is 9.12. The summed E-state index contributed by atoms with van der Waals surface area (Å²) in [5.74, 6) is 0.0633. The van der Waals surface area contributed by atoms with Gasteiger partial charge in [-0.15, -0.1) is 0 Å². The predicted octanol–water partition coefficient (Wildman–Crippen LogP) is -0.0363. The largest absolute Gasteiger partial charge is 0.391 e. The molecule has 0 bridgehead atoms. The third-order valence-corrected chi connectivity index (χ3v) is 2.47. The molecule has 1 rings (SSSR count). The number of aliphatic hydroxyl groups excluding tert-OH is 1. The highest BCUT2D eigenvalue weighted by Crippen LogP contribution is 2.29. The first-order valence-corrected chi connectivity index (χ1v) is 4.16. The van der Waals surface area contributed by atoms with Crippen molar-refractivity contribution >= 4 is 5.91 Å². The van der Waals surface area contributed by atoms with E-state index in [9.17, 15) is 4.79 Å². The Balaban J connectivity index is 2.81. The van der Waals surface area contributed by atoms with Crippen LogP contribution in [-0.4, -0.2) is 41.9 Å². The topological polar surface area (TPSA) is 49.8 Å². The standard InChI is InChI=1S/C8H15NO3/c1-3-9-7(11)4-5-8(9,6-10)12-2/h10H,3-6H2,1-2H3. The fourth-order valence-electron chi connectivity index (χ4n) is 1.71. The van der Waals surface area contributed by atoms with Crippen molar-refractivity contribution in [2.45, 2.75) is 25.5 Å². The first-order valence-electron chi connectivity index (χ1n) is 4.16. The molecule has 70 valence electrons. The van der Waals surface area contributed by atoms with Gasteiger partial charge in [-0.25, -0.2) is 0 Å². The molecule has 1 N–H and O–H groups in total. The molecule has 1 heterocycles. The fourth-order valence-corrected chi connectivity index (χ4v) is 1.71. The molecule has 1 saturated heterocycles. The highest BCUT2D eigenvalue weighted by molar-refractivity contribution is 5.79. The molecule has 4 nitrogen and oxygen atoms in total. The average molecular weight is 173 g/mol. The third-order valence-electron chi connectivity index (χ3n) is 2.47. The van der Waals surface area contributed by atoms with Gasteiger partial charge in [-0.05, 0) is 6.92 Å². The summed E-state index contributed by atoms with van der Waals surface area (Å²) in [6, 6.07) is 0. The minimum atomic E-state index is -0.744. The Labute approximate surface area is 72.1 Å². The van der Waals surface area contributed by atoms with Gasteiger partial charge in [-0.1, -0.05) is 0 Å². The molecule has 1 aliphatic heterocycles. The third kappa shape index (κ3) is 1.21. The normalized spacial score (nSPS) is 29.9. The van der Waals surface area contributed by atoms with Crippen LogP contribution in [0.5, 0.6) is 0 Å². The lowest BCUT2D eigenvalue weighted by molar-refractivity contribution is -0.161. The van der Waals surface area contributed by atoms with E-state index in [2.05, 4.69) is 0 Å². The smallest absolute Gasteiger partial charge is 0.225 e. The van der Waals surface area contributed by atoms with Gasteiger partial charge in [0.25, 0.3) is 0 Å². The average Bonchev–Trinajstić information content (AvgIpc) is 2.43. The van der Waals surface area contributed by atoms with Crippen molar-refractivity contribution in [3.8, 4) is 0 Å². The number of aliphatic hydroxyl groups is 1. The molecule has 1 unspecified atom stereocenters.